The van der Waals surface area contributed by atoms with Gasteiger partial charge in [-0.25, -0.2) is 9.37 Å². The molecule has 1 heterocycles. The Bertz CT molecular complexity index is 844. The fourth-order valence-electron chi connectivity index (χ4n) is 3.20. The summed E-state index contributed by atoms with van der Waals surface area (Å²) in [7, 11) is 0. The van der Waals surface area contributed by atoms with E-state index >= 15 is 0 Å². The van der Waals surface area contributed by atoms with Crippen molar-refractivity contribution in [2.75, 3.05) is 13.1 Å². The first kappa shape index (κ1) is 19.6. The van der Waals surface area contributed by atoms with Crippen LogP contribution in [0.25, 0.3) is 0 Å². The molecule has 0 aliphatic rings. The van der Waals surface area contributed by atoms with Crippen LogP contribution in [0.4, 0.5) is 4.39 Å². The van der Waals surface area contributed by atoms with E-state index in [9.17, 15) is 4.39 Å². The topological polar surface area (TPSA) is 79.1 Å². The van der Waals surface area contributed by atoms with Crippen LogP contribution in [-0.2, 0) is 6.42 Å². The van der Waals surface area contributed by atoms with Crippen LogP contribution in [0.3, 0.4) is 0 Å². The SMILES string of the molecule is NC(=NCCCc1cnc[nH]1)NCC[C@H](c1ccccc1)c1ccc(F)cc1. The maximum Gasteiger partial charge on any atom is 0.188 e. The van der Waals surface area contributed by atoms with E-state index in [0.717, 1.165) is 30.5 Å². The van der Waals surface area contributed by atoms with Gasteiger partial charge in [0.05, 0.1) is 6.33 Å². The van der Waals surface area contributed by atoms with Crippen LogP contribution in [-0.4, -0.2) is 29.0 Å². The van der Waals surface area contributed by atoms with Gasteiger partial charge in [-0.1, -0.05) is 42.5 Å². The van der Waals surface area contributed by atoms with Crippen molar-refractivity contribution in [2.45, 2.75) is 25.2 Å². The minimum atomic E-state index is -0.222. The normalized spacial score (nSPS) is 12.7. The lowest BCUT2D eigenvalue weighted by Crippen LogP contribution is -2.33. The number of hydrogen-bond acceptors (Lipinski definition) is 2. The second-order valence-electron chi connectivity index (χ2n) is 6.68. The zero-order chi connectivity index (χ0) is 19.6. The van der Waals surface area contributed by atoms with Gasteiger partial charge in [-0.3, -0.25) is 4.99 Å². The number of nitrogens with zero attached hydrogens (tertiary/aromatic N) is 2. The van der Waals surface area contributed by atoms with Crippen LogP contribution in [0.2, 0.25) is 0 Å². The second kappa shape index (κ2) is 10.3. The summed E-state index contributed by atoms with van der Waals surface area (Å²) in [5, 5.41) is 3.19. The molecule has 0 saturated heterocycles. The van der Waals surface area contributed by atoms with Crippen LogP contribution in [0.1, 0.15) is 35.6 Å². The lowest BCUT2D eigenvalue weighted by Gasteiger charge is -2.18. The van der Waals surface area contributed by atoms with Crippen LogP contribution in [0.5, 0.6) is 0 Å². The van der Waals surface area contributed by atoms with E-state index in [1.165, 1.54) is 17.7 Å². The van der Waals surface area contributed by atoms with Crippen LogP contribution in [0.15, 0.2) is 72.1 Å². The van der Waals surface area contributed by atoms with Gasteiger partial charge in [0.2, 0.25) is 0 Å². The largest absolute Gasteiger partial charge is 0.370 e. The molecule has 3 aromatic rings. The highest BCUT2D eigenvalue weighted by molar-refractivity contribution is 5.77. The second-order valence-corrected chi connectivity index (χ2v) is 6.68. The molecule has 0 aliphatic heterocycles. The van der Waals surface area contributed by atoms with Gasteiger partial charge in [-0.15, -0.1) is 0 Å². The minimum Gasteiger partial charge on any atom is -0.370 e. The number of aromatic amines is 1. The standard InChI is InChI=1S/C22H26FN5/c23-19-10-8-18(9-11-19)21(17-5-2-1-3-6-17)12-14-27-22(24)26-13-4-7-20-15-25-16-28-20/h1-3,5-6,8-11,15-16,21H,4,7,12-14H2,(H,25,28)(H3,24,26,27)/t21-/m1/s1. The van der Waals surface area contributed by atoms with Gasteiger partial charge in [-0.2, -0.15) is 0 Å². The fraction of sp³-hybridized carbons (Fsp3) is 0.273. The molecular weight excluding hydrogens is 353 g/mol. The predicted octanol–water partition coefficient (Wildman–Crippen LogP) is 3.61. The van der Waals surface area contributed by atoms with Crippen molar-refractivity contribution in [1.82, 2.24) is 15.3 Å². The highest BCUT2D eigenvalue weighted by Gasteiger charge is 2.14. The molecule has 28 heavy (non-hydrogen) atoms. The summed E-state index contributed by atoms with van der Waals surface area (Å²) in [6.07, 6.45) is 6.15. The van der Waals surface area contributed by atoms with Crippen molar-refractivity contribution in [3.63, 3.8) is 0 Å². The Balaban J connectivity index is 1.51. The summed E-state index contributed by atoms with van der Waals surface area (Å²) < 4.78 is 13.3. The molecule has 1 aromatic heterocycles. The first-order valence-corrected chi connectivity index (χ1v) is 9.54. The number of aromatic nitrogens is 2. The number of nitrogens with two attached hydrogens (primary N) is 1. The van der Waals surface area contributed by atoms with E-state index in [1.807, 2.05) is 36.5 Å². The molecule has 2 aromatic carbocycles. The molecule has 0 amide bonds. The Hall–Kier alpha value is -3.15. The number of hydrogen-bond donors (Lipinski definition) is 3. The summed E-state index contributed by atoms with van der Waals surface area (Å²) in [4.78, 5) is 11.5. The maximum absolute atomic E-state index is 13.3. The van der Waals surface area contributed by atoms with E-state index in [-0.39, 0.29) is 11.7 Å². The highest BCUT2D eigenvalue weighted by atomic mass is 19.1. The summed E-state index contributed by atoms with van der Waals surface area (Å²) in [5.74, 6) is 0.401. The predicted molar refractivity (Wildman–Crippen MR) is 111 cm³/mol. The third-order valence-corrected chi connectivity index (χ3v) is 4.65. The van der Waals surface area contributed by atoms with E-state index in [0.29, 0.717) is 19.0 Å². The lowest BCUT2D eigenvalue weighted by molar-refractivity contribution is 0.624. The molecule has 4 N–H and O–H groups in total. The molecule has 0 bridgehead atoms. The highest BCUT2D eigenvalue weighted by Crippen LogP contribution is 2.27. The molecule has 6 heteroatoms. The van der Waals surface area contributed by atoms with Gasteiger partial charge in [-0.05, 0) is 42.5 Å². The smallest absolute Gasteiger partial charge is 0.188 e. The molecule has 146 valence electrons. The Labute approximate surface area is 164 Å². The number of aryl methyl sites for hydroxylation is 1. The summed E-state index contributed by atoms with van der Waals surface area (Å²) in [5.41, 5.74) is 9.38. The van der Waals surface area contributed by atoms with Gasteiger partial charge < -0.3 is 16.0 Å². The minimum absolute atomic E-state index is 0.169. The first-order valence-electron chi connectivity index (χ1n) is 9.54. The molecule has 0 saturated carbocycles. The van der Waals surface area contributed by atoms with Crippen molar-refractivity contribution >= 4 is 5.96 Å². The van der Waals surface area contributed by atoms with Crippen molar-refractivity contribution in [1.29, 1.82) is 0 Å². The monoisotopic (exact) mass is 379 g/mol. The molecule has 1 atom stereocenters. The van der Waals surface area contributed by atoms with Crippen molar-refractivity contribution in [2.24, 2.45) is 10.7 Å². The number of nitrogens with one attached hydrogen (secondary N) is 2. The average molecular weight is 379 g/mol. The maximum atomic E-state index is 13.3. The summed E-state index contributed by atoms with van der Waals surface area (Å²) in [6, 6.07) is 16.9. The Morgan fingerprint density at radius 2 is 1.86 bits per heavy atom. The van der Waals surface area contributed by atoms with Gasteiger partial charge in [0.15, 0.2) is 5.96 Å². The molecule has 0 spiro atoms. The number of aliphatic imine (C=N–C) groups is 1. The molecule has 0 radical (unpaired) electrons. The summed E-state index contributed by atoms with van der Waals surface area (Å²) in [6.45, 7) is 1.35. The Morgan fingerprint density at radius 1 is 1.11 bits per heavy atom. The number of rotatable bonds is 9. The van der Waals surface area contributed by atoms with Crippen molar-refractivity contribution in [3.05, 3.63) is 89.8 Å². The van der Waals surface area contributed by atoms with E-state index in [2.05, 4.69) is 32.4 Å². The van der Waals surface area contributed by atoms with Crippen molar-refractivity contribution < 1.29 is 4.39 Å². The number of halogens is 1. The third kappa shape index (κ3) is 5.94. The van der Waals surface area contributed by atoms with Crippen molar-refractivity contribution in [3.8, 4) is 0 Å². The average Bonchev–Trinajstić information content (AvgIpc) is 3.24. The van der Waals surface area contributed by atoms with E-state index < -0.39 is 0 Å². The molecule has 3 rings (SSSR count). The number of benzene rings is 2. The third-order valence-electron chi connectivity index (χ3n) is 4.65. The Kier molecular flexibility index (Phi) is 7.18. The number of guanidine groups is 1. The fourth-order valence-corrected chi connectivity index (χ4v) is 3.20. The van der Waals surface area contributed by atoms with Gasteiger partial charge >= 0.3 is 0 Å². The number of imidazole rings is 1. The molecule has 5 nitrogen and oxygen atoms in total. The van der Waals surface area contributed by atoms with Gasteiger partial charge in [0, 0.05) is 30.9 Å². The van der Waals surface area contributed by atoms with E-state index in [4.69, 9.17) is 5.73 Å². The molecule has 0 fully saturated rings. The quantitative estimate of drug-likeness (QED) is 0.302. The number of H-pyrrole nitrogens is 1. The Morgan fingerprint density at radius 3 is 2.57 bits per heavy atom. The zero-order valence-electron chi connectivity index (χ0n) is 15.8. The van der Waals surface area contributed by atoms with Gasteiger partial charge in [0.25, 0.3) is 0 Å². The lowest BCUT2D eigenvalue weighted by atomic mass is 9.88. The molecular formula is C22H26FN5. The molecule has 0 unspecified atom stereocenters. The first-order chi connectivity index (χ1) is 13.7. The van der Waals surface area contributed by atoms with Crippen LogP contribution in [0, 0.1) is 5.82 Å². The summed E-state index contributed by atoms with van der Waals surface area (Å²) >= 11 is 0. The van der Waals surface area contributed by atoms with E-state index in [1.54, 1.807) is 6.33 Å². The van der Waals surface area contributed by atoms with Crippen LogP contribution < -0.4 is 11.1 Å². The molecule has 0 aliphatic carbocycles. The van der Waals surface area contributed by atoms with Gasteiger partial charge in [0.1, 0.15) is 5.82 Å². The van der Waals surface area contributed by atoms with Crippen LogP contribution >= 0.6 is 0 Å². The zero-order valence-corrected chi connectivity index (χ0v) is 15.8.